The lowest BCUT2D eigenvalue weighted by Gasteiger charge is -2.07. The Labute approximate surface area is 144 Å². The smallest absolute Gasteiger partial charge is 0.185 e. The third-order valence-corrected chi connectivity index (χ3v) is 4.54. The van der Waals surface area contributed by atoms with Gasteiger partial charge in [-0.05, 0) is 35.9 Å². The molecule has 118 valence electrons. The van der Waals surface area contributed by atoms with E-state index in [0.717, 1.165) is 6.26 Å². The van der Waals surface area contributed by atoms with E-state index in [9.17, 15) is 8.42 Å². The van der Waals surface area contributed by atoms with Gasteiger partial charge in [0.05, 0.1) is 10.0 Å². The summed E-state index contributed by atoms with van der Waals surface area (Å²) in [5, 5.41) is 9.71. The van der Waals surface area contributed by atoms with Crippen molar-refractivity contribution in [2.24, 2.45) is 0 Å². The fraction of sp³-hybridized carbons (Fsp3) is 0.0625. The fourth-order valence-corrected chi connectivity index (χ4v) is 2.52. The SMILES string of the molecule is CS(=O)(=O)/C(C#N)=C/c1cccc(Oc2ccc(Cl)c(Cl)c2)c1. The number of halogens is 2. The van der Waals surface area contributed by atoms with E-state index < -0.39 is 9.84 Å². The molecule has 0 saturated carbocycles. The van der Waals surface area contributed by atoms with Crippen LogP contribution in [0.3, 0.4) is 0 Å². The molecule has 0 aromatic heterocycles. The van der Waals surface area contributed by atoms with Crippen LogP contribution in [0.1, 0.15) is 5.56 Å². The quantitative estimate of drug-likeness (QED) is 0.734. The molecule has 0 unspecified atom stereocenters. The molecule has 0 saturated heterocycles. The Bertz CT molecular complexity index is 915. The molecule has 0 radical (unpaired) electrons. The van der Waals surface area contributed by atoms with Crippen LogP contribution in [0.2, 0.25) is 10.0 Å². The summed E-state index contributed by atoms with van der Waals surface area (Å²) in [5.41, 5.74) is 0.532. The zero-order valence-corrected chi connectivity index (χ0v) is 14.3. The van der Waals surface area contributed by atoms with Crippen molar-refractivity contribution in [1.29, 1.82) is 5.26 Å². The van der Waals surface area contributed by atoms with Crippen LogP contribution in [0.25, 0.3) is 6.08 Å². The number of benzene rings is 2. The second-order valence-corrected chi connectivity index (χ2v) is 7.44. The van der Waals surface area contributed by atoms with Crippen LogP contribution in [-0.4, -0.2) is 14.7 Å². The summed E-state index contributed by atoms with van der Waals surface area (Å²) < 4.78 is 28.6. The third-order valence-electron chi connectivity index (χ3n) is 2.79. The van der Waals surface area contributed by atoms with Gasteiger partial charge in [-0.25, -0.2) is 8.42 Å². The van der Waals surface area contributed by atoms with Crippen LogP contribution in [0.4, 0.5) is 0 Å². The monoisotopic (exact) mass is 367 g/mol. The normalized spacial score (nSPS) is 11.8. The number of nitrogens with zero attached hydrogens (tertiary/aromatic N) is 1. The predicted molar refractivity (Wildman–Crippen MR) is 91.4 cm³/mol. The summed E-state index contributed by atoms with van der Waals surface area (Å²) in [4.78, 5) is -0.316. The molecule has 0 amide bonds. The fourth-order valence-electron chi connectivity index (χ4n) is 1.72. The van der Waals surface area contributed by atoms with E-state index in [1.165, 1.54) is 6.08 Å². The van der Waals surface area contributed by atoms with Crippen LogP contribution in [0.5, 0.6) is 11.5 Å². The average molecular weight is 368 g/mol. The zero-order valence-electron chi connectivity index (χ0n) is 12.0. The number of hydrogen-bond donors (Lipinski definition) is 0. The predicted octanol–water partition coefficient (Wildman–Crippen LogP) is 4.69. The van der Waals surface area contributed by atoms with Gasteiger partial charge in [-0.1, -0.05) is 35.3 Å². The highest BCUT2D eigenvalue weighted by Gasteiger charge is 2.10. The molecular formula is C16H11Cl2NO3S. The maximum absolute atomic E-state index is 11.5. The van der Waals surface area contributed by atoms with Gasteiger partial charge in [0.1, 0.15) is 22.5 Å². The minimum atomic E-state index is -3.57. The molecule has 7 heteroatoms. The zero-order chi connectivity index (χ0) is 17.0. The lowest BCUT2D eigenvalue weighted by Crippen LogP contribution is -1.98. The Hall–Kier alpha value is -2.00. The van der Waals surface area contributed by atoms with Crippen molar-refractivity contribution in [3.63, 3.8) is 0 Å². The van der Waals surface area contributed by atoms with E-state index in [1.807, 2.05) is 0 Å². The molecule has 0 aliphatic carbocycles. The maximum atomic E-state index is 11.5. The van der Waals surface area contributed by atoms with Gasteiger partial charge >= 0.3 is 0 Å². The largest absolute Gasteiger partial charge is 0.457 e. The van der Waals surface area contributed by atoms with Crippen LogP contribution >= 0.6 is 23.2 Å². The number of sulfone groups is 1. The molecule has 23 heavy (non-hydrogen) atoms. The van der Waals surface area contributed by atoms with Gasteiger partial charge in [0.15, 0.2) is 9.84 Å². The molecule has 0 aliphatic heterocycles. The molecule has 2 aromatic rings. The second-order valence-electron chi connectivity index (χ2n) is 4.64. The molecule has 0 atom stereocenters. The van der Waals surface area contributed by atoms with Gasteiger partial charge in [0, 0.05) is 12.3 Å². The van der Waals surface area contributed by atoms with Crippen molar-refractivity contribution in [3.8, 4) is 17.6 Å². The van der Waals surface area contributed by atoms with Gasteiger partial charge in [0.25, 0.3) is 0 Å². The van der Waals surface area contributed by atoms with Gasteiger partial charge in [-0.3, -0.25) is 0 Å². The van der Waals surface area contributed by atoms with E-state index in [4.69, 9.17) is 33.2 Å². The Kier molecular flexibility index (Phi) is 5.32. The number of rotatable bonds is 4. The lowest BCUT2D eigenvalue weighted by atomic mass is 10.2. The first kappa shape index (κ1) is 17.4. The van der Waals surface area contributed by atoms with E-state index in [-0.39, 0.29) is 4.91 Å². The van der Waals surface area contributed by atoms with Crippen molar-refractivity contribution >= 4 is 39.1 Å². The van der Waals surface area contributed by atoms with Gasteiger partial charge in [-0.2, -0.15) is 5.26 Å². The first-order valence-electron chi connectivity index (χ1n) is 6.34. The summed E-state index contributed by atoms with van der Waals surface area (Å²) in [6, 6.07) is 13.2. The second kappa shape index (κ2) is 7.05. The van der Waals surface area contributed by atoms with Crippen LogP contribution in [-0.2, 0) is 9.84 Å². The Morgan fingerprint density at radius 3 is 2.43 bits per heavy atom. The maximum Gasteiger partial charge on any atom is 0.185 e. The highest BCUT2D eigenvalue weighted by atomic mass is 35.5. The number of nitriles is 1. The first-order valence-corrected chi connectivity index (χ1v) is 8.99. The summed E-state index contributed by atoms with van der Waals surface area (Å²) in [5.74, 6) is 0.965. The minimum absolute atomic E-state index is 0.316. The van der Waals surface area contributed by atoms with E-state index in [2.05, 4.69) is 0 Å². The molecule has 0 bridgehead atoms. The first-order chi connectivity index (χ1) is 10.8. The summed E-state index contributed by atoms with van der Waals surface area (Å²) >= 11 is 11.8. The molecule has 0 N–H and O–H groups in total. The third kappa shape index (κ3) is 4.73. The van der Waals surface area contributed by atoms with Crippen molar-refractivity contribution in [2.45, 2.75) is 0 Å². The molecule has 2 rings (SSSR count). The highest BCUT2D eigenvalue weighted by molar-refractivity contribution is 7.95. The van der Waals surface area contributed by atoms with Crippen LogP contribution in [0, 0.1) is 11.3 Å². The molecule has 0 heterocycles. The standard InChI is InChI=1S/C16H11Cl2NO3S/c1-23(20,21)14(10-19)8-11-3-2-4-12(7-11)22-13-5-6-15(17)16(18)9-13/h2-9H,1H3/b14-8+. The minimum Gasteiger partial charge on any atom is -0.457 e. The van der Waals surface area contributed by atoms with Crippen molar-refractivity contribution in [2.75, 3.05) is 6.26 Å². The van der Waals surface area contributed by atoms with E-state index >= 15 is 0 Å². The van der Waals surface area contributed by atoms with Crippen molar-refractivity contribution in [3.05, 3.63) is 63.0 Å². The average Bonchev–Trinajstić information content (AvgIpc) is 2.48. The number of ether oxygens (including phenoxy) is 1. The summed E-state index contributed by atoms with van der Waals surface area (Å²) in [6.07, 6.45) is 2.27. The Morgan fingerprint density at radius 1 is 1.13 bits per heavy atom. The molecule has 0 fully saturated rings. The molecule has 2 aromatic carbocycles. The molecule has 0 aliphatic rings. The topological polar surface area (TPSA) is 67.2 Å². The van der Waals surface area contributed by atoms with E-state index in [1.54, 1.807) is 48.5 Å². The van der Waals surface area contributed by atoms with Crippen molar-refractivity contribution < 1.29 is 13.2 Å². The summed E-state index contributed by atoms with van der Waals surface area (Å²) in [7, 11) is -3.57. The van der Waals surface area contributed by atoms with Gasteiger partial charge < -0.3 is 4.74 Å². The molecular weight excluding hydrogens is 357 g/mol. The number of allylic oxidation sites excluding steroid dienone is 1. The molecule has 0 spiro atoms. The summed E-state index contributed by atoms with van der Waals surface area (Å²) in [6.45, 7) is 0. The number of hydrogen-bond acceptors (Lipinski definition) is 4. The van der Waals surface area contributed by atoms with Crippen LogP contribution < -0.4 is 4.74 Å². The highest BCUT2D eigenvalue weighted by Crippen LogP contribution is 2.30. The Morgan fingerprint density at radius 2 is 1.83 bits per heavy atom. The van der Waals surface area contributed by atoms with Crippen molar-refractivity contribution in [1.82, 2.24) is 0 Å². The Balaban J connectivity index is 2.32. The lowest BCUT2D eigenvalue weighted by molar-refractivity contribution is 0.482. The van der Waals surface area contributed by atoms with E-state index in [0.29, 0.717) is 27.1 Å². The van der Waals surface area contributed by atoms with Crippen LogP contribution in [0.15, 0.2) is 47.4 Å². The molecule has 4 nitrogen and oxygen atoms in total. The van der Waals surface area contributed by atoms with Gasteiger partial charge in [-0.15, -0.1) is 0 Å². The van der Waals surface area contributed by atoms with Gasteiger partial charge in [0.2, 0.25) is 0 Å².